The van der Waals surface area contributed by atoms with Crippen LogP contribution in [-0.4, -0.2) is 46.3 Å². The number of nitrogens with two attached hydrogens (primary N) is 1. The zero-order chi connectivity index (χ0) is 14.8. The topological polar surface area (TPSA) is 64.3 Å². The van der Waals surface area contributed by atoms with Crippen molar-refractivity contribution in [2.24, 2.45) is 5.73 Å². The van der Waals surface area contributed by atoms with E-state index in [9.17, 15) is 0 Å². The quantitative estimate of drug-likeness (QED) is 0.825. The van der Waals surface area contributed by atoms with Crippen molar-refractivity contribution >= 4 is 17.2 Å². The fraction of sp³-hybridized carbons (Fsp3) is 0.615. The molecule has 5 nitrogen and oxygen atoms in total. The molecule has 106 valence electrons. The standard InChI is InChI=1S/C13H22N4OS/c1-8-9(2)15-16-12(10(8)11(14)19)18-7-13(3,4)17(5)6/h7H2,1-6H3,(H2,14,19). The Hall–Kier alpha value is -1.27. The number of aromatic nitrogens is 2. The Morgan fingerprint density at radius 3 is 2.37 bits per heavy atom. The van der Waals surface area contributed by atoms with Crippen LogP contribution in [0.1, 0.15) is 30.7 Å². The zero-order valence-corrected chi connectivity index (χ0v) is 13.3. The molecule has 6 heteroatoms. The van der Waals surface area contributed by atoms with Crippen LogP contribution in [-0.2, 0) is 0 Å². The lowest BCUT2D eigenvalue weighted by Crippen LogP contribution is -2.43. The highest BCUT2D eigenvalue weighted by atomic mass is 32.1. The van der Waals surface area contributed by atoms with Crippen molar-refractivity contribution < 1.29 is 4.74 Å². The van der Waals surface area contributed by atoms with Crippen LogP contribution < -0.4 is 10.5 Å². The number of likely N-dealkylation sites (N-methyl/N-ethyl adjacent to an activating group) is 1. The van der Waals surface area contributed by atoms with Crippen LogP contribution in [0.15, 0.2) is 0 Å². The van der Waals surface area contributed by atoms with Gasteiger partial charge < -0.3 is 15.4 Å². The van der Waals surface area contributed by atoms with E-state index in [0.717, 1.165) is 11.3 Å². The van der Waals surface area contributed by atoms with Gasteiger partial charge in [-0.3, -0.25) is 0 Å². The van der Waals surface area contributed by atoms with Gasteiger partial charge in [0.1, 0.15) is 11.6 Å². The van der Waals surface area contributed by atoms with E-state index >= 15 is 0 Å². The minimum absolute atomic E-state index is 0.117. The Kier molecular flexibility index (Phi) is 4.81. The van der Waals surface area contributed by atoms with Crippen molar-refractivity contribution in [3.63, 3.8) is 0 Å². The molecule has 0 aliphatic rings. The zero-order valence-electron chi connectivity index (χ0n) is 12.4. The Labute approximate surface area is 120 Å². The van der Waals surface area contributed by atoms with Gasteiger partial charge in [0.2, 0.25) is 5.88 Å². The molecule has 0 saturated carbocycles. The van der Waals surface area contributed by atoms with Crippen molar-refractivity contribution in [3.05, 3.63) is 16.8 Å². The second kappa shape index (κ2) is 5.79. The SMILES string of the molecule is Cc1nnc(OCC(C)(C)N(C)C)c(C(N)=S)c1C. The Bertz CT molecular complexity index is 486. The first-order valence-corrected chi connectivity index (χ1v) is 6.51. The molecule has 0 amide bonds. The summed E-state index contributed by atoms with van der Waals surface area (Å²) in [6.45, 7) is 8.44. The molecule has 0 saturated heterocycles. The summed E-state index contributed by atoms with van der Waals surface area (Å²) in [5.41, 5.74) is 8.04. The lowest BCUT2D eigenvalue weighted by molar-refractivity contribution is 0.110. The van der Waals surface area contributed by atoms with E-state index in [-0.39, 0.29) is 10.5 Å². The number of thiocarbonyl (C=S) groups is 1. The molecule has 0 aliphatic carbocycles. The molecule has 19 heavy (non-hydrogen) atoms. The molecule has 0 aliphatic heterocycles. The Balaban J connectivity index is 3.03. The predicted octanol–water partition coefficient (Wildman–Crippen LogP) is 1.45. The van der Waals surface area contributed by atoms with E-state index in [1.54, 1.807) is 0 Å². The van der Waals surface area contributed by atoms with Crippen molar-refractivity contribution in [2.75, 3.05) is 20.7 Å². The lowest BCUT2D eigenvalue weighted by atomic mass is 10.1. The van der Waals surface area contributed by atoms with Gasteiger partial charge >= 0.3 is 0 Å². The third-order valence-corrected chi connectivity index (χ3v) is 3.65. The van der Waals surface area contributed by atoms with E-state index in [1.807, 2.05) is 27.9 Å². The second-order valence-electron chi connectivity index (χ2n) is 5.45. The van der Waals surface area contributed by atoms with Crippen LogP contribution in [0.2, 0.25) is 0 Å². The van der Waals surface area contributed by atoms with Gasteiger partial charge in [-0.1, -0.05) is 12.2 Å². The molecular formula is C13H22N4OS. The first-order chi connectivity index (χ1) is 8.66. The van der Waals surface area contributed by atoms with Crippen molar-refractivity contribution in [1.29, 1.82) is 0 Å². The van der Waals surface area contributed by atoms with E-state index in [0.29, 0.717) is 18.1 Å². The van der Waals surface area contributed by atoms with Gasteiger partial charge in [0, 0.05) is 5.54 Å². The summed E-state index contributed by atoms with van der Waals surface area (Å²) in [6, 6.07) is 0. The number of ether oxygens (including phenoxy) is 1. The Morgan fingerprint density at radius 1 is 1.32 bits per heavy atom. The summed E-state index contributed by atoms with van der Waals surface area (Å²) in [4.78, 5) is 2.37. The van der Waals surface area contributed by atoms with Crippen molar-refractivity contribution in [3.8, 4) is 5.88 Å². The Morgan fingerprint density at radius 2 is 1.89 bits per heavy atom. The van der Waals surface area contributed by atoms with E-state index < -0.39 is 0 Å². The third kappa shape index (κ3) is 3.61. The van der Waals surface area contributed by atoms with Gasteiger partial charge in [-0.15, -0.1) is 5.10 Å². The number of hydrogen-bond acceptors (Lipinski definition) is 5. The molecule has 1 heterocycles. The van der Waals surface area contributed by atoms with Crippen LogP contribution in [0, 0.1) is 13.8 Å². The van der Waals surface area contributed by atoms with Gasteiger partial charge in [0.05, 0.1) is 11.3 Å². The first-order valence-electron chi connectivity index (χ1n) is 6.10. The van der Waals surface area contributed by atoms with Crippen molar-refractivity contribution in [1.82, 2.24) is 15.1 Å². The van der Waals surface area contributed by atoms with E-state index in [4.69, 9.17) is 22.7 Å². The fourth-order valence-electron chi connectivity index (χ4n) is 1.35. The van der Waals surface area contributed by atoms with Crippen LogP contribution >= 0.6 is 12.2 Å². The van der Waals surface area contributed by atoms with Gasteiger partial charge in [-0.25, -0.2) is 0 Å². The van der Waals surface area contributed by atoms with Gasteiger partial charge in [0.25, 0.3) is 0 Å². The van der Waals surface area contributed by atoms with Crippen molar-refractivity contribution in [2.45, 2.75) is 33.2 Å². The normalized spacial score (nSPS) is 11.7. The highest BCUT2D eigenvalue weighted by Gasteiger charge is 2.23. The van der Waals surface area contributed by atoms with E-state index in [1.165, 1.54) is 0 Å². The number of aryl methyl sites for hydroxylation is 1. The molecule has 1 aromatic rings. The van der Waals surface area contributed by atoms with Crippen LogP contribution in [0.3, 0.4) is 0 Å². The van der Waals surface area contributed by atoms with Crippen LogP contribution in [0.4, 0.5) is 0 Å². The summed E-state index contributed by atoms with van der Waals surface area (Å²) in [5, 5.41) is 8.13. The largest absolute Gasteiger partial charge is 0.474 e. The molecule has 0 spiro atoms. The smallest absolute Gasteiger partial charge is 0.244 e. The lowest BCUT2D eigenvalue weighted by Gasteiger charge is -2.32. The number of rotatable bonds is 5. The summed E-state index contributed by atoms with van der Waals surface area (Å²) in [7, 11) is 4.01. The molecule has 2 N–H and O–H groups in total. The molecular weight excluding hydrogens is 260 g/mol. The van der Waals surface area contributed by atoms with Gasteiger partial charge in [0.15, 0.2) is 0 Å². The second-order valence-corrected chi connectivity index (χ2v) is 5.89. The summed E-state index contributed by atoms with van der Waals surface area (Å²) >= 11 is 5.08. The predicted molar refractivity (Wildman–Crippen MR) is 80.7 cm³/mol. The molecule has 0 atom stereocenters. The summed E-state index contributed by atoms with van der Waals surface area (Å²) in [5.74, 6) is 0.408. The highest BCUT2D eigenvalue weighted by Crippen LogP contribution is 2.22. The van der Waals surface area contributed by atoms with Gasteiger partial charge in [-0.05, 0) is 47.4 Å². The van der Waals surface area contributed by atoms with Crippen LogP contribution in [0.25, 0.3) is 0 Å². The average molecular weight is 282 g/mol. The molecule has 1 aromatic heterocycles. The minimum Gasteiger partial charge on any atom is -0.474 e. The number of hydrogen-bond donors (Lipinski definition) is 1. The molecule has 0 unspecified atom stereocenters. The molecule has 0 fully saturated rings. The molecule has 0 bridgehead atoms. The van der Waals surface area contributed by atoms with Gasteiger partial charge in [-0.2, -0.15) is 5.10 Å². The fourth-order valence-corrected chi connectivity index (χ4v) is 1.59. The monoisotopic (exact) mass is 282 g/mol. The molecule has 0 aromatic carbocycles. The summed E-state index contributed by atoms with van der Waals surface area (Å²) < 4.78 is 5.78. The maximum atomic E-state index is 5.78. The third-order valence-electron chi connectivity index (χ3n) is 3.44. The first kappa shape index (κ1) is 15.8. The summed E-state index contributed by atoms with van der Waals surface area (Å²) in [6.07, 6.45) is 0. The maximum Gasteiger partial charge on any atom is 0.244 e. The number of nitrogens with zero attached hydrogens (tertiary/aromatic N) is 3. The molecule has 1 rings (SSSR count). The average Bonchev–Trinajstić information content (AvgIpc) is 2.29. The highest BCUT2D eigenvalue weighted by molar-refractivity contribution is 7.80. The maximum absolute atomic E-state index is 5.78. The van der Waals surface area contributed by atoms with Crippen LogP contribution in [0.5, 0.6) is 5.88 Å². The van der Waals surface area contributed by atoms with E-state index in [2.05, 4.69) is 28.9 Å². The minimum atomic E-state index is -0.117. The molecule has 0 radical (unpaired) electrons.